The van der Waals surface area contributed by atoms with Gasteiger partial charge in [0.2, 0.25) is 0 Å². The highest BCUT2D eigenvalue weighted by Crippen LogP contribution is 2.29. The number of unbranched alkanes of at least 4 members (excludes halogenated alkanes) is 1. The van der Waals surface area contributed by atoms with Crippen LogP contribution in [0, 0.1) is 0 Å². The predicted octanol–water partition coefficient (Wildman–Crippen LogP) is 3.11. The quantitative estimate of drug-likeness (QED) is 0.820. The van der Waals surface area contributed by atoms with Crippen LogP contribution in [0.15, 0.2) is 24.3 Å². The number of benzene rings is 1. The molecule has 23 heavy (non-hydrogen) atoms. The molecule has 1 aromatic rings. The molecule has 0 radical (unpaired) electrons. The van der Waals surface area contributed by atoms with Crippen molar-refractivity contribution in [1.82, 2.24) is 10.2 Å². The van der Waals surface area contributed by atoms with Crippen molar-refractivity contribution in [3.05, 3.63) is 24.3 Å². The minimum absolute atomic E-state index is 0.0600. The van der Waals surface area contributed by atoms with Gasteiger partial charge in [-0.15, -0.1) is 0 Å². The van der Waals surface area contributed by atoms with E-state index in [4.69, 9.17) is 4.74 Å². The predicted molar refractivity (Wildman–Crippen MR) is 94.3 cm³/mol. The highest BCUT2D eigenvalue weighted by Gasteiger charge is 2.22. The fraction of sp³-hybridized carbons (Fsp3) is 0.611. The van der Waals surface area contributed by atoms with E-state index in [9.17, 15) is 4.79 Å². The number of rotatable bonds is 6. The Kier molecular flexibility index (Phi) is 6.56. The normalized spacial score (nSPS) is 15.0. The molecule has 1 heterocycles. The number of piperazine rings is 1. The Labute approximate surface area is 139 Å². The third-order valence-electron chi connectivity index (χ3n) is 3.94. The average molecular weight is 319 g/mol. The number of nitrogens with zero attached hydrogens (tertiary/aromatic N) is 2. The van der Waals surface area contributed by atoms with Crippen molar-refractivity contribution in [3.63, 3.8) is 0 Å². The van der Waals surface area contributed by atoms with E-state index in [1.54, 1.807) is 0 Å². The van der Waals surface area contributed by atoms with E-state index >= 15 is 0 Å². The molecule has 1 saturated heterocycles. The molecule has 5 nitrogen and oxygen atoms in total. The molecule has 1 fully saturated rings. The molecule has 1 aliphatic heterocycles. The summed E-state index contributed by atoms with van der Waals surface area (Å²) >= 11 is 0. The lowest BCUT2D eigenvalue weighted by Gasteiger charge is -2.36. The maximum absolute atomic E-state index is 12.1. The fourth-order valence-corrected chi connectivity index (χ4v) is 2.71. The first kappa shape index (κ1) is 17.4. The summed E-state index contributed by atoms with van der Waals surface area (Å²) in [6.07, 6.45) is 2.29. The zero-order valence-electron chi connectivity index (χ0n) is 14.5. The van der Waals surface area contributed by atoms with Crippen LogP contribution in [0.4, 0.5) is 10.5 Å². The van der Waals surface area contributed by atoms with E-state index in [0.29, 0.717) is 0 Å². The second kappa shape index (κ2) is 8.65. The Hall–Kier alpha value is -1.91. The van der Waals surface area contributed by atoms with Crippen LogP contribution in [0.25, 0.3) is 0 Å². The van der Waals surface area contributed by atoms with Gasteiger partial charge in [-0.2, -0.15) is 0 Å². The van der Waals surface area contributed by atoms with Crippen LogP contribution in [0.1, 0.15) is 33.6 Å². The van der Waals surface area contributed by atoms with Crippen LogP contribution < -0.4 is 15.0 Å². The number of carbonyl (C=O) groups is 1. The van der Waals surface area contributed by atoms with Crippen molar-refractivity contribution in [3.8, 4) is 5.75 Å². The molecule has 2 amide bonds. The third kappa shape index (κ3) is 5.05. The van der Waals surface area contributed by atoms with Crippen LogP contribution in [0.2, 0.25) is 0 Å². The summed E-state index contributed by atoms with van der Waals surface area (Å²) in [5.74, 6) is 0.920. The monoisotopic (exact) mass is 319 g/mol. The van der Waals surface area contributed by atoms with Gasteiger partial charge in [-0.25, -0.2) is 4.79 Å². The van der Waals surface area contributed by atoms with Gasteiger partial charge in [0.05, 0.1) is 11.8 Å². The van der Waals surface area contributed by atoms with Crippen LogP contribution in [-0.4, -0.2) is 49.8 Å². The molecular formula is C18H29N3O2. The van der Waals surface area contributed by atoms with Gasteiger partial charge in [-0.1, -0.05) is 25.5 Å². The lowest BCUT2D eigenvalue weighted by molar-refractivity contribution is 0.194. The Morgan fingerprint density at radius 1 is 1.22 bits per heavy atom. The molecule has 2 rings (SSSR count). The summed E-state index contributed by atoms with van der Waals surface area (Å²) in [5.41, 5.74) is 1.12. The Morgan fingerprint density at radius 3 is 2.57 bits per heavy atom. The van der Waals surface area contributed by atoms with Crippen LogP contribution in [0.3, 0.4) is 0 Å². The lowest BCUT2D eigenvalue weighted by Crippen LogP contribution is -2.52. The van der Waals surface area contributed by atoms with Gasteiger partial charge in [0, 0.05) is 32.7 Å². The fourth-order valence-electron chi connectivity index (χ4n) is 2.71. The zero-order valence-corrected chi connectivity index (χ0v) is 14.5. The number of anilines is 1. The molecule has 1 aromatic carbocycles. The van der Waals surface area contributed by atoms with Gasteiger partial charge in [0.1, 0.15) is 5.75 Å². The summed E-state index contributed by atoms with van der Waals surface area (Å²) in [6, 6.07) is 8.20. The maximum atomic E-state index is 12.1. The van der Waals surface area contributed by atoms with Crippen molar-refractivity contribution in [2.75, 3.05) is 37.6 Å². The molecule has 1 aliphatic rings. The Morgan fingerprint density at radius 2 is 1.91 bits per heavy atom. The average Bonchev–Trinajstić information content (AvgIpc) is 2.55. The summed E-state index contributed by atoms with van der Waals surface area (Å²) in [4.78, 5) is 16.3. The molecule has 0 aliphatic carbocycles. The molecule has 5 heteroatoms. The number of hydrogen-bond donors (Lipinski definition) is 1. The van der Waals surface area contributed by atoms with Gasteiger partial charge in [-0.05, 0) is 32.4 Å². The summed E-state index contributed by atoms with van der Waals surface area (Å²) in [6.45, 7) is 10.1. The molecule has 1 N–H and O–H groups in total. The first-order chi connectivity index (χ1) is 11.1. The molecular weight excluding hydrogens is 290 g/mol. The highest BCUT2D eigenvalue weighted by molar-refractivity contribution is 5.74. The zero-order chi connectivity index (χ0) is 16.7. The maximum Gasteiger partial charge on any atom is 0.317 e. The van der Waals surface area contributed by atoms with Crippen molar-refractivity contribution in [2.24, 2.45) is 0 Å². The smallest absolute Gasteiger partial charge is 0.317 e. The third-order valence-corrected chi connectivity index (χ3v) is 3.94. The van der Waals surface area contributed by atoms with E-state index in [0.717, 1.165) is 57.0 Å². The van der Waals surface area contributed by atoms with Gasteiger partial charge in [-0.3, -0.25) is 0 Å². The van der Waals surface area contributed by atoms with E-state index in [2.05, 4.69) is 23.2 Å². The van der Waals surface area contributed by atoms with Gasteiger partial charge in [0.25, 0.3) is 0 Å². The van der Waals surface area contributed by atoms with E-state index in [1.807, 2.05) is 36.9 Å². The number of hydrogen-bond acceptors (Lipinski definition) is 3. The molecule has 0 saturated carbocycles. The largest absolute Gasteiger partial charge is 0.489 e. The Balaban J connectivity index is 1.90. The molecule has 0 spiro atoms. The van der Waals surface area contributed by atoms with Crippen molar-refractivity contribution in [1.29, 1.82) is 0 Å². The second-order valence-electron chi connectivity index (χ2n) is 6.19. The van der Waals surface area contributed by atoms with Crippen LogP contribution >= 0.6 is 0 Å². The number of amides is 2. The number of para-hydroxylation sites is 2. The molecule has 0 atom stereocenters. The molecule has 0 unspecified atom stereocenters. The summed E-state index contributed by atoms with van der Waals surface area (Å²) < 4.78 is 5.90. The van der Waals surface area contributed by atoms with E-state index in [1.165, 1.54) is 0 Å². The molecule has 0 aromatic heterocycles. The van der Waals surface area contributed by atoms with E-state index in [-0.39, 0.29) is 12.1 Å². The van der Waals surface area contributed by atoms with Crippen molar-refractivity contribution < 1.29 is 9.53 Å². The van der Waals surface area contributed by atoms with Crippen LogP contribution in [0.5, 0.6) is 5.75 Å². The topological polar surface area (TPSA) is 44.8 Å². The number of nitrogens with one attached hydrogen (secondary N) is 1. The van der Waals surface area contributed by atoms with Gasteiger partial charge < -0.3 is 19.9 Å². The Bertz CT molecular complexity index is 497. The van der Waals surface area contributed by atoms with Gasteiger partial charge >= 0.3 is 6.03 Å². The molecule has 0 bridgehead atoms. The second-order valence-corrected chi connectivity index (χ2v) is 6.19. The minimum Gasteiger partial charge on any atom is -0.489 e. The lowest BCUT2D eigenvalue weighted by atomic mass is 10.2. The number of carbonyl (C=O) groups excluding carboxylic acids is 1. The number of urea groups is 1. The van der Waals surface area contributed by atoms with Gasteiger partial charge in [0.15, 0.2) is 0 Å². The van der Waals surface area contributed by atoms with Crippen LogP contribution in [-0.2, 0) is 0 Å². The minimum atomic E-state index is 0.0600. The summed E-state index contributed by atoms with van der Waals surface area (Å²) in [7, 11) is 0. The van der Waals surface area contributed by atoms with E-state index < -0.39 is 0 Å². The number of ether oxygens (including phenoxy) is 1. The highest BCUT2D eigenvalue weighted by atomic mass is 16.5. The summed E-state index contributed by atoms with van der Waals surface area (Å²) in [5, 5.41) is 2.99. The first-order valence-electron chi connectivity index (χ1n) is 8.65. The first-order valence-corrected chi connectivity index (χ1v) is 8.65. The molecule has 128 valence electrons. The standard InChI is InChI=1S/C18H29N3O2/c1-4-5-10-19-18(22)21-13-11-20(12-14-21)16-8-6-7-9-17(16)23-15(2)3/h6-9,15H,4-5,10-14H2,1-3H3,(H,19,22). The van der Waals surface area contributed by atoms with Crippen molar-refractivity contribution >= 4 is 11.7 Å². The van der Waals surface area contributed by atoms with Crippen molar-refractivity contribution in [2.45, 2.75) is 39.7 Å². The SMILES string of the molecule is CCCCNC(=O)N1CCN(c2ccccc2OC(C)C)CC1.